The number of unbranched alkanes of at least 4 members (excludes halogenated alkanes) is 1. The molecule has 0 spiro atoms. The molecule has 2 aromatic rings. The Morgan fingerprint density at radius 1 is 1.34 bits per heavy atom. The first-order valence-electron chi connectivity index (χ1n) is 10.2. The molecule has 32 heavy (non-hydrogen) atoms. The van der Waals surface area contributed by atoms with E-state index in [1.807, 2.05) is 18.4 Å². The normalized spacial score (nSPS) is 15.9. The van der Waals surface area contributed by atoms with Crippen LogP contribution in [0.5, 0.6) is 5.75 Å². The van der Waals surface area contributed by atoms with E-state index in [1.54, 1.807) is 12.1 Å². The van der Waals surface area contributed by atoms with Crippen LogP contribution in [0.1, 0.15) is 26.2 Å². The van der Waals surface area contributed by atoms with Crippen LogP contribution in [0, 0.1) is 5.82 Å². The molecule has 0 fully saturated rings. The second kappa shape index (κ2) is 13.5. The average molecular weight is 483 g/mol. The lowest BCUT2D eigenvalue weighted by Gasteiger charge is -2.28. The first kappa shape index (κ1) is 26.2. The number of rotatable bonds is 8. The monoisotopic (exact) mass is 482 g/mol. The third kappa shape index (κ3) is 6.96. The highest BCUT2D eigenvalue weighted by molar-refractivity contribution is 7.98. The highest BCUT2D eigenvalue weighted by atomic mass is 32.2. The number of benzene rings is 2. The zero-order valence-corrected chi connectivity index (χ0v) is 19.9. The van der Waals surface area contributed by atoms with Crippen molar-refractivity contribution in [3.63, 3.8) is 0 Å². The minimum atomic E-state index is -0.977. The summed E-state index contributed by atoms with van der Waals surface area (Å²) in [6.45, 7) is 2.90. The van der Waals surface area contributed by atoms with Crippen molar-refractivity contribution in [2.24, 2.45) is 0 Å². The van der Waals surface area contributed by atoms with Gasteiger partial charge in [-0.3, -0.25) is 9.52 Å². The number of carbonyl (C=O) groups excluding carboxylic acids is 1. The number of halogens is 2. The summed E-state index contributed by atoms with van der Waals surface area (Å²) in [5, 5.41) is 7.00. The van der Waals surface area contributed by atoms with E-state index in [4.69, 9.17) is 9.84 Å². The SMILES string of the molecule is CCCCC1CN(c2ccc(F)cc2)c2cc(SC)c(O/C=C(\F)C=O)cc2SN1.CO. The van der Waals surface area contributed by atoms with E-state index in [2.05, 4.69) is 16.5 Å². The molecule has 1 aliphatic rings. The van der Waals surface area contributed by atoms with Crippen LogP contribution in [-0.2, 0) is 4.79 Å². The van der Waals surface area contributed by atoms with Gasteiger partial charge in [-0.05, 0) is 61.0 Å². The fraction of sp³-hybridized carbons (Fsp3) is 0.348. The maximum absolute atomic E-state index is 13.5. The summed E-state index contributed by atoms with van der Waals surface area (Å²) < 4.78 is 35.7. The molecule has 0 aliphatic carbocycles. The fourth-order valence-corrected chi connectivity index (χ4v) is 4.65. The smallest absolute Gasteiger partial charge is 0.197 e. The summed E-state index contributed by atoms with van der Waals surface area (Å²) in [5.74, 6) is -0.782. The van der Waals surface area contributed by atoms with Crippen LogP contribution < -0.4 is 14.4 Å². The number of allylic oxidation sites excluding steroid dienone is 1. The van der Waals surface area contributed by atoms with Gasteiger partial charge in [0.15, 0.2) is 12.1 Å². The van der Waals surface area contributed by atoms with Gasteiger partial charge in [0.2, 0.25) is 0 Å². The molecule has 0 amide bonds. The number of fused-ring (bicyclic) bond motifs is 1. The predicted molar refractivity (Wildman–Crippen MR) is 128 cm³/mol. The molecule has 1 aliphatic heterocycles. The van der Waals surface area contributed by atoms with Crippen molar-refractivity contribution in [3.05, 3.63) is 54.3 Å². The van der Waals surface area contributed by atoms with Crippen molar-refractivity contribution in [1.82, 2.24) is 4.72 Å². The Kier molecular flexibility index (Phi) is 11.0. The van der Waals surface area contributed by atoms with Crippen molar-refractivity contribution in [1.29, 1.82) is 0 Å². The topological polar surface area (TPSA) is 61.8 Å². The number of carbonyl (C=O) groups is 1. The van der Waals surface area contributed by atoms with Crippen LogP contribution in [0.4, 0.5) is 20.2 Å². The van der Waals surface area contributed by atoms with Crippen LogP contribution in [0.3, 0.4) is 0 Å². The van der Waals surface area contributed by atoms with E-state index in [-0.39, 0.29) is 18.1 Å². The summed E-state index contributed by atoms with van der Waals surface area (Å²) in [6, 6.07) is 10.5. The van der Waals surface area contributed by atoms with E-state index in [0.717, 1.165) is 60.3 Å². The molecule has 5 nitrogen and oxygen atoms in total. The van der Waals surface area contributed by atoms with Gasteiger partial charge >= 0.3 is 0 Å². The van der Waals surface area contributed by atoms with Gasteiger partial charge in [-0.1, -0.05) is 19.8 Å². The van der Waals surface area contributed by atoms with Crippen LogP contribution in [0.15, 0.2) is 58.3 Å². The van der Waals surface area contributed by atoms with Gasteiger partial charge in [0.05, 0.1) is 15.5 Å². The number of hydrogen-bond donors (Lipinski definition) is 2. The third-order valence-electron chi connectivity index (χ3n) is 4.73. The molecule has 1 unspecified atom stereocenters. The number of ether oxygens (including phenoxy) is 1. The number of aliphatic hydroxyl groups excluding tert-OH is 1. The molecule has 174 valence electrons. The molecule has 0 aromatic heterocycles. The number of aldehydes is 1. The maximum Gasteiger partial charge on any atom is 0.197 e. The van der Waals surface area contributed by atoms with Crippen molar-refractivity contribution in [2.45, 2.75) is 42.0 Å². The Morgan fingerprint density at radius 2 is 2.06 bits per heavy atom. The number of anilines is 2. The number of nitrogens with one attached hydrogen (secondary N) is 1. The standard InChI is InChI=1S/C22H24F2N2O2S2.CH4O/c1-3-4-5-17-12-26(18-8-6-15(23)7-9-18)19-10-22(29-2)20(11-21(19)30-25-17)28-14-16(24)13-27;1-2/h6-11,13-14,17,25H,3-5,12H2,1-2H3;2H,1H3/b16-14-;. The maximum atomic E-state index is 13.5. The number of aliphatic hydroxyl groups is 1. The van der Waals surface area contributed by atoms with Crippen LogP contribution in [-0.4, -0.2) is 37.3 Å². The van der Waals surface area contributed by atoms with E-state index < -0.39 is 5.83 Å². The van der Waals surface area contributed by atoms with Crippen LogP contribution >= 0.6 is 23.7 Å². The number of thioether (sulfide) groups is 1. The van der Waals surface area contributed by atoms with Crippen molar-refractivity contribution < 1.29 is 23.4 Å². The molecule has 0 bridgehead atoms. The first-order valence-corrected chi connectivity index (χ1v) is 12.2. The van der Waals surface area contributed by atoms with Crippen LogP contribution in [0.2, 0.25) is 0 Å². The zero-order chi connectivity index (χ0) is 23.5. The van der Waals surface area contributed by atoms with Crippen molar-refractivity contribution >= 4 is 41.4 Å². The Balaban J connectivity index is 0.00000176. The summed E-state index contributed by atoms with van der Waals surface area (Å²) in [7, 11) is 1.00. The Labute approximate surface area is 196 Å². The quantitative estimate of drug-likeness (QED) is 0.161. The highest BCUT2D eigenvalue weighted by Gasteiger charge is 2.25. The zero-order valence-electron chi connectivity index (χ0n) is 18.3. The van der Waals surface area contributed by atoms with Crippen molar-refractivity contribution in [3.8, 4) is 5.75 Å². The van der Waals surface area contributed by atoms with Gasteiger partial charge in [0, 0.05) is 25.4 Å². The Bertz CT molecular complexity index is 911. The molecule has 0 saturated carbocycles. The van der Waals surface area contributed by atoms with Crippen LogP contribution in [0.25, 0.3) is 0 Å². The first-order chi connectivity index (χ1) is 15.5. The molecule has 0 saturated heterocycles. The van der Waals surface area contributed by atoms with Gasteiger partial charge in [0.1, 0.15) is 17.8 Å². The second-order valence-corrected chi connectivity index (χ2v) is 8.58. The minimum absolute atomic E-state index is 0.104. The molecule has 2 aromatic carbocycles. The third-order valence-corrected chi connectivity index (χ3v) is 6.49. The Hall–Kier alpha value is -2.07. The van der Waals surface area contributed by atoms with Gasteiger partial charge in [-0.2, -0.15) is 4.39 Å². The molecule has 1 heterocycles. The number of nitrogens with zero attached hydrogens (tertiary/aromatic N) is 1. The van der Waals surface area contributed by atoms with Gasteiger partial charge in [-0.25, -0.2) is 4.39 Å². The molecular formula is C23H28F2N2O3S2. The molecule has 1 atom stereocenters. The van der Waals surface area contributed by atoms with Gasteiger partial charge in [-0.15, -0.1) is 11.8 Å². The van der Waals surface area contributed by atoms with Crippen molar-refractivity contribution in [2.75, 3.05) is 24.8 Å². The fourth-order valence-electron chi connectivity index (χ4n) is 3.19. The lowest BCUT2D eigenvalue weighted by Crippen LogP contribution is -2.34. The van der Waals surface area contributed by atoms with Gasteiger partial charge < -0.3 is 14.7 Å². The second-order valence-electron chi connectivity index (χ2n) is 6.86. The summed E-state index contributed by atoms with van der Waals surface area (Å²) in [5.41, 5.74) is 1.87. The van der Waals surface area contributed by atoms with E-state index in [1.165, 1.54) is 35.8 Å². The van der Waals surface area contributed by atoms with E-state index in [0.29, 0.717) is 5.75 Å². The largest absolute Gasteiger partial charge is 0.461 e. The minimum Gasteiger partial charge on any atom is -0.461 e. The summed E-state index contributed by atoms with van der Waals surface area (Å²) in [6.07, 6.45) is 6.05. The number of hydrogen-bond acceptors (Lipinski definition) is 7. The molecular weight excluding hydrogens is 454 g/mol. The van der Waals surface area contributed by atoms with E-state index >= 15 is 0 Å². The summed E-state index contributed by atoms with van der Waals surface area (Å²) in [4.78, 5) is 14.4. The summed E-state index contributed by atoms with van der Waals surface area (Å²) >= 11 is 2.97. The Morgan fingerprint density at radius 3 is 2.69 bits per heavy atom. The van der Waals surface area contributed by atoms with Gasteiger partial charge in [0.25, 0.3) is 0 Å². The molecule has 2 N–H and O–H groups in total. The molecule has 3 rings (SSSR count). The molecule has 9 heteroatoms. The lowest BCUT2D eigenvalue weighted by molar-refractivity contribution is -0.106. The lowest BCUT2D eigenvalue weighted by atomic mass is 10.1. The highest BCUT2D eigenvalue weighted by Crippen LogP contribution is 2.43. The predicted octanol–water partition coefficient (Wildman–Crippen LogP) is 5.85. The average Bonchev–Trinajstić information content (AvgIpc) is 3.01. The molecule has 0 radical (unpaired) electrons. The van der Waals surface area contributed by atoms with E-state index in [9.17, 15) is 13.6 Å².